The lowest BCUT2D eigenvalue weighted by Crippen LogP contribution is -2.42. The standard InChI is InChI=1S/C11H19N3O2S/c1-11(3-6-12-7-4-11)9-14-17(15,16)10-2-5-13-8-10/h2,5,8,12-14H,3-4,6-7,9H2,1H3. The highest BCUT2D eigenvalue weighted by Crippen LogP contribution is 2.27. The van der Waals surface area contributed by atoms with Crippen molar-refractivity contribution >= 4 is 10.0 Å². The van der Waals surface area contributed by atoms with Crippen LogP contribution in [0, 0.1) is 5.41 Å². The number of hydrogen-bond donors (Lipinski definition) is 3. The van der Waals surface area contributed by atoms with Crippen LogP contribution in [0.1, 0.15) is 19.8 Å². The zero-order valence-electron chi connectivity index (χ0n) is 9.99. The van der Waals surface area contributed by atoms with Gasteiger partial charge in [-0.2, -0.15) is 0 Å². The number of hydrogen-bond acceptors (Lipinski definition) is 3. The van der Waals surface area contributed by atoms with Gasteiger partial charge in [-0.25, -0.2) is 13.1 Å². The zero-order chi connectivity index (χ0) is 12.4. The molecule has 0 atom stereocenters. The highest BCUT2D eigenvalue weighted by Gasteiger charge is 2.28. The Labute approximate surface area is 102 Å². The first kappa shape index (κ1) is 12.6. The molecule has 1 saturated heterocycles. The summed E-state index contributed by atoms with van der Waals surface area (Å²) >= 11 is 0. The molecule has 0 aromatic carbocycles. The summed E-state index contributed by atoms with van der Waals surface area (Å²) in [4.78, 5) is 3.06. The maximum absolute atomic E-state index is 11.9. The van der Waals surface area contributed by atoms with Gasteiger partial charge in [0.15, 0.2) is 0 Å². The fourth-order valence-electron chi connectivity index (χ4n) is 2.04. The summed E-state index contributed by atoms with van der Waals surface area (Å²) in [5.41, 5.74) is 0.0641. The molecule has 2 rings (SSSR count). The van der Waals surface area contributed by atoms with Crippen molar-refractivity contribution in [2.24, 2.45) is 5.41 Å². The number of nitrogens with one attached hydrogen (secondary N) is 3. The minimum absolute atomic E-state index is 0.0641. The van der Waals surface area contributed by atoms with Gasteiger partial charge in [0.25, 0.3) is 0 Å². The molecule has 1 aromatic heterocycles. The first-order valence-electron chi connectivity index (χ1n) is 5.85. The summed E-state index contributed by atoms with van der Waals surface area (Å²) in [6, 6.07) is 1.56. The molecule has 5 nitrogen and oxygen atoms in total. The molecule has 17 heavy (non-hydrogen) atoms. The van der Waals surface area contributed by atoms with E-state index in [0.29, 0.717) is 11.4 Å². The average molecular weight is 257 g/mol. The van der Waals surface area contributed by atoms with Crippen LogP contribution in [0.4, 0.5) is 0 Å². The van der Waals surface area contributed by atoms with Crippen molar-refractivity contribution in [3.05, 3.63) is 18.5 Å². The molecule has 0 spiro atoms. The highest BCUT2D eigenvalue weighted by molar-refractivity contribution is 7.89. The molecular weight excluding hydrogens is 238 g/mol. The number of aromatic amines is 1. The second-order valence-corrected chi connectivity index (χ2v) is 6.70. The Balaban J connectivity index is 1.98. The maximum atomic E-state index is 11.9. The summed E-state index contributed by atoms with van der Waals surface area (Å²) < 4.78 is 26.6. The zero-order valence-corrected chi connectivity index (χ0v) is 10.8. The van der Waals surface area contributed by atoms with E-state index < -0.39 is 10.0 Å². The normalized spacial score (nSPS) is 20.3. The second kappa shape index (κ2) is 4.80. The Morgan fingerprint density at radius 2 is 2.12 bits per heavy atom. The summed E-state index contributed by atoms with van der Waals surface area (Å²) in [5.74, 6) is 0. The van der Waals surface area contributed by atoms with E-state index in [2.05, 4.69) is 21.9 Å². The van der Waals surface area contributed by atoms with Gasteiger partial charge < -0.3 is 10.3 Å². The van der Waals surface area contributed by atoms with Crippen LogP contribution >= 0.6 is 0 Å². The summed E-state index contributed by atoms with van der Waals surface area (Å²) in [6.07, 6.45) is 5.11. The number of sulfonamides is 1. The predicted octanol–water partition coefficient (Wildman–Crippen LogP) is 0.683. The van der Waals surface area contributed by atoms with Crippen LogP contribution in [-0.4, -0.2) is 33.0 Å². The fourth-order valence-corrected chi connectivity index (χ4v) is 3.21. The maximum Gasteiger partial charge on any atom is 0.242 e. The van der Waals surface area contributed by atoms with Gasteiger partial charge >= 0.3 is 0 Å². The first-order chi connectivity index (χ1) is 8.02. The monoisotopic (exact) mass is 257 g/mol. The first-order valence-corrected chi connectivity index (χ1v) is 7.33. The second-order valence-electron chi connectivity index (χ2n) is 4.93. The van der Waals surface area contributed by atoms with Gasteiger partial charge in [0, 0.05) is 18.9 Å². The minimum atomic E-state index is -3.36. The molecule has 0 aliphatic carbocycles. The molecule has 3 N–H and O–H groups in total. The average Bonchev–Trinajstić information content (AvgIpc) is 2.82. The van der Waals surface area contributed by atoms with Crippen LogP contribution in [0.2, 0.25) is 0 Å². The van der Waals surface area contributed by atoms with Gasteiger partial charge in [-0.15, -0.1) is 0 Å². The van der Waals surface area contributed by atoms with Crippen LogP contribution in [0.3, 0.4) is 0 Å². The third-order valence-electron chi connectivity index (χ3n) is 3.38. The van der Waals surface area contributed by atoms with Gasteiger partial charge in [0.05, 0.1) is 4.90 Å². The number of piperidine rings is 1. The van der Waals surface area contributed by atoms with Crippen molar-refractivity contribution in [1.29, 1.82) is 0 Å². The summed E-state index contributed by atoms with van der Waals surface area (Å²) in [5, 5.41) is 3.28. The van der Waals surface area contributed by atoms with Gasteiger partial charge in [0.1, 0.15) is 0 Å². The molecule has 6 heteroatoms. The minimum Gasteiger partial charge on any atom is -0.366 e. The van der Waals surface area contributed by atoms with Crippen molar-refractivity contribution in [3.63, 3.8) is 0 Å². The van der Waals surface area contributed by atoms with E-state index in [1.54, 1.807) is 12.3 Å². The molecular formula is C11H19N3O2S. The number of rotatable bonds is 4. The molecule has 1 aromatic rings. The van der Waals surface area contributed by atoms with Gasteiger partial charge in [-0.1, -0.05) is 6.92 Å². The van der Waals surface area contributed by atoms with Crippen LogP contribution in [0.5, 0.6) is 0 Å². The molecule has 0 radical (unpaired) electrons. The highest BCUT2D eigenvalue weighted by atomic mass is 32.2. The summed E-state index contributed by atoms with van der Waals surface area (Å²) in [7, 11) is -3.36. The SMILES string of the molecule is CC1(CNS(=O)(=O)c2cc[nH]c2)CCNCC1. The quantitative estimate of drug-likeness (QED) is 0.742. The smallest absolute Gasteiger partial charge is 0.242 e. The van der Waals surface area contributed by atoms with E-state index in [1.807, 2.05) is 0 Å². The Morgan fingerprint density at radius 1 is 1.41 bits per heavy atom. The Kier molecular flexibility index (Phi) is 3.56. The van der Waals surface area contributed by atoms with Gasteiger partial charge in [-0.3, -0.25) is 0 Å². The molecule has 1 aliphatic rings. The lowest BCUT2D eigenvalue weighted by molar-refractivity contribution is 0.232. The van der Waals surface area contributed by atoms with Crippen molar-refractivity contribution in [2.45, 2.75) is 24.7 Å². The lowest BCUT2D eigenvalue weighted by Gasteiger charge is -2.33. The van der Waals surface area contributed by atoms with E-state index in [1.165, 1.54) is 6.20 Å². The lowest BCUT2D eigenvalue weighted by atomic mass is 9.81. The molecule has 1 fully saturated rings. The third-order valence-corrected chi connectivity index (χ3v) is 4.78. The fraction of sp³-hybridized carbons (Fsp3) is 0.636. The van der Waals surface area contributed by atoms with E-state index in [9.17, 15) is 8.42 Å². The van der Waals surface area contributed by atoms with E-state index in [-0.39, 0.29) is 5.41 Å². The number of aromatic nitrogens is 1. The summed E-state index contributed by atoms with van der Waals surface area (Å²) in [6.45, 7) is 4.56. The van der Waals surface area contributed by atoms with Crippen molar-refractivity contribution in [2.75, 3.05) is 19.6 Å². The Hall–Kier alpha value is -0.850. The van der Waals surface area contributed by atoms with E-state index in [0.717, 1.165) is 25.9 Å². The Morgan fingerprint density at radius 3 is 2.71 bits per heavy atom. The topological polar surface area (TPSA) is 74.0 Å². The third kappa shape index (κ3) is 3.08. The van der Waals surface area contributed by atoms with Crippen LogP contribution in [0.25, 0.3) is 0 Å². The predicted molar refractivity (Wildman–Crippen MR) is 66.2 cm³/mol. The molecule has 1 aliphatic heterocycles. The van der Waals surface area contributed by atoms with Crippen molar-refractivity contribution < 1.29 is 8.42 Å². The van der Waals surface area contributed by atoms with Gasteiger partial charge in [0.2, 0.25) is 10.0 Å². The van der Waals surface area contributed by atoms with Gasteiger partial charge in [-0.05, 0) is 37.4 Å². The largest absolute Gasteiger partial charge is 0.366 e. The molecule has 2 heterocycles. The van der Waals surface area contributed by atoms with Crippen molar-refractivity contribution in [3.8, 4) is 0 Å². The van der Waals surface area contributed by atoms with Crippen LogP contribution in [0.15, 0.2) is 23.4 Å². The molecule has 0 unspecified atom stereocenters. The van der Waals surface area contributed by atoms with Crippen LogP contribution in [-0.2, 0) is 10.0 Å². The van der Waals surface area contributed by atoms with Crippen LogP contribution < -0.4 is 10.0 Å². The Bertz CT molecular complexity index is 447. The van der Waals surface area contributed by atoms with E-state index >= 15 is 0 Å². The molecule has 0 saturated carbocycles. The molecule has 0 amide bonds. The van der Waals surface area contributed by atoms with E-state index in [4.69, 9.17) is 0 Å². The molecule has 0 bridgehead atoms. The molecule has 96 valence electrons. The van der Waals surface area contributed by atoms with Crippen molar-refractivity contribution in [1.82, 2.24) is 15.0 Å². The number of H-pyrrole nitrogens is 1.